The van der Waals surface area contributed by atoms with Gasteiger partial charge in [0.2, 0.25) is 53.4 Å². The fraction of sp³-hybridized carbons (Fsp3) is 0.424. The van der Waals surface area contributed by atoms with Crippen molar-refractivity contribution in [3.05, 3.63) is 117 Å². The topological polar surface area (TPSA) is 530 Å². The van der Waals surface area contributed by atoms with Crippen molar-refractivity contribution in [2.24, 2.45) is 17.4 Å². The molecule has 0 saturated carbocycles. The molecule has 35 heteroatoms. The Morgan fingerprint density at radius 1 is 0.713 bits per heavy atom. The molecule has 18 atom stereocenters. The third kappa shape index (κ3) is 15.8. The molecule has 7 heterocycles. The summed E-state index contributed by atoms with van der Waals surface area (Å²) < 4.78 is 38.3. The molecule has 0 spiro atoms. The number of amides is 7. The van der Waals surface area contributed by atoms with E-state index in [4.69, 9.17) is 63.1 Å². The lowest BCUT2D eigenvalue weighted by molar-refractivity contribution is -0.333. The molecule has 5 aromatic carbocycles. The average molecular weight is 1450 g/mol. The van der Waals surface area contributed by atoms with Crippen molar-refractivity contribution in [1.82, 2.24) is 37.2 Å². The van der Waals surface area contributed by atoms with Gasteiger partial charge in [-0.1, -0.05) is 55.2 Å². The van der Waals surface area contributed by atoms with Crippen LogP contribution < -0.4 is 62.9 Å². The van der Waals surface area contributed by atoms with Crippen molar-refractivity contribution in [3.63, 3.8) is 0 Å². The molecular formula is C66H75Cl2N9O24. The summed E-state index contributed by atoms with van der Waals surface area (Å²) >= 11 is 14.1. The Morgan fingerprint density at radius 2 is 1.32 bits per heavy atom. The van der Waals surface area contributed by atoms with Gasteiger partial charge in [0, 0.05) is 34.7 Å². The van der Waals surface area contributed by atoms with Gasteiger partial charge < -0.3 is 128 Å². The summed E-state index contributed by atoms with van der Waals surface area (Å²) in [5.74, 6) is -16.0. The second-order valence-electron chi connectivity index (χ2n) is 25.7. The zero-order valence-corrected chi connectivity index (χ0v) is 55.8. The molecule has 542 valence electrons. The van der Waals surface area contributed by atoms with Gasteiger partial charge in [-0.05, 0) is 110 Å². The van der Waals surface area contributed by atoms with Crippen LogP contribution in [0.4, 0.5) is 0 Å². The normalized spacial score (nSPS) is 29.4. The highest BCUT2D eigenvalue weighted by Gasteiger charge is 2.51. The number of rotatable bonds is 13. The number of carboxylic acids is 1. The van der Waals surface area contributed by atoms with Crippen molar-refractivity contribution in [2.75, 3.05) is 13.7 Å². The number of aliphatic carboxylic acids is 1. The summed E-state index contributed by atoms with van der Waals surface area (Å²) in [6, 6.07) is -0.679. The van der Waals surface area contributed by atoms with Gasteiger partial charge in [-0.2, -0.15) is 0 Å². The van der Waals surface area contributed by atoms with Crippen LogP contribution in [0.2, 0.25) is 10.0 Å². The number of aliphatic hydroxyl groups excluding tert-OH is 6. The van der Waals surface area contributed by atoms with E-state index in [0.717, 1.165) is 66.7 Å². The van der Waals surface area contributed by atoms with Crippen LogP contribution in [0.15, 0.2) is 78.9 Å². The highest BCUT2D eigenvalue weighted by atomic mass is 35.5. The first-order valence-corrected chi connectivity index (χ1v) is 32.4. The van der Waals surface area contributed by atoms with Crippen LogP contribution in [0.5, 0.6) is 46.0 Å². The van der Waals surface area contributed by atoms with Crippen LogP contribution in [-0.4, -0.2) is 191 Å². The second-order valence-corrected chi connectivity index (χ2v) is 26.5. The molecule has 0 aromatic heterocycles. The maximum atomic E-state index is 16.0. The minimum Gasteiger partial charge on any atom is -0.508 e. The van der Waals surface area contributed by atoms with E-state index in [-0.39, 0.29) is 46.2 Å². The van der Waals surface area contributed by atoms with E-state index in [2.05, 4.69) is 37.2 Å². The summed E-state index contributed by atoms with van der Waals surface area (Å²) in [5, 5.41) is 131. The van der Waals surface area contributed by atoms with Crippen LogP contribution >= 0.6 is 23.2 Å². The number of ether oxygens (including phenoxy) is 6. The molecule has 2 fully saturated rings. The number of carbonyl (C=O) groups is 8. The molecule has 7 amide bonds. The number of nitrogens with one attached hydrogen (secondary N) is 7. The lowest BCUT2D eigenvalue weighted by atomic mass is 9.86. The molecule has 101 heavy (non-hydrogen) atoms. The lowest BCUT2D eigenvalue weighted by Crippen LogP contribution is -2.64. The number of aromatic hydroxyl groups is 3. The Labute approximate surface area is 584 Å². The van der Waals surface area contributed by atoms with Gasteiger partial charge in [0.1, 0.15) is 89.5 Å². The summed E-state index contributed by atoms with van der Waals surface area (Å²) in [6.45, 7) is 5.66. The number of benzene rings is 5. The third-order valence-corrected chi connectivity index (χ3v) is 18.4. The number of nitrogens with two attached hydrogens (primary N) is 2. The molecule has 5 aromatic rings. The second kappa shape index (κ2) is 30.2. The monoisotopic (exact) mass is 1450 g/mol. The predicted octanol–water partition coefficient (Wildman–Crippen LogP) is 0.106. The molecule has 11 bridgehead atoms. The van der Waals surface area contributed by atoms with Crippen LogP contribution in [0.1, 0.15) is 105 Å². The van der Waals surface area contributed by atoms with Gasteiger partial charge in [-0.15, -0.1) is 0 Å². The van der Waals surface area contributed by atoms with E-state index in [1.165, 1.54) is 33.0 Å². The zero-order valence-electron chi connectivity index (χ0n) is 54.3. The Bertz CT molecular complexity index is 4070. The van der Waals surface area contributed by atoms with E-state index in [1.54, 1.807) is 0 Å². The number of phenolic OH excluding ortho intramolecular Hbond substituents is 3. The van der Waals surface area contributed by atoms with Crippen molar-refractivity contribution < 1.29 is 118 Å². The van der Waals surface area contributed by atoms with Gasteiger partial charge in [-0.3, -0.25) is 33.6 Å². The van der Waals surface area contributed by atoms with Gasteiger partial charge in [0.25, 0.3) is 0 Å². The van der Waals surface area contributed by atoms with E-state index in [9.17, 15) is 75.0 Å². The molecule has 33 nitrogen and oxygen atoms in total. The van der Waals surface area contributed by atoms with Crippen molar-refractivity contribution in [2.45, 2.75) is 156 Å². The molecule has 21 N–H and O–H groups in total. The number of carboxylic acid groups (broad SMARTS) is 1. The number of phenols is 3. The number of carbonyl (C=O) groups excluding carboxylic acids is 7. The van der Waals surface area contributed by atoms with Gasteiger partial charge >= 0.3 is 5.97 Å². The van der Waals surface area contributed by atoms with E-state index < -0.39 is 237 Å². The Hall–Kier alpha value is -9.20. The first-order valence-electron chi connectivity index (χ1n) is 31.6. The number of likely N-dealkylation sites (N-methyl/N-ethyl adjacent to an activating group) is 1. The molecule has 0 radical (unpaired) electrons. The first kappa shape index (κ1) is 74.5. The molecule has 2 saturated heterocycles. The fourth-order valence-corrected chi connectivity index (χ4v) is 12.9. The number of halogens is 2. The maximum absolute atomic E-state index is 16.0. The summed E-state index contributed by atoms with van der Waals surface area (Å²) in [6.07, 6.45) is -18.6. The third-order valence-electron chi connectivity index (χ3n) is 17.8. The van der Waals surface area contributed by atoms with Crippen LogP contribution in [0.25, 0.3) is 11.1 Å². The van der Waals surface area contributed by atoms with E-state index in [0.29, 0.717) is 0 Å². The molecule has 7 aliphatic rings. The van der Waals surface area contributed by atoms with Crippen LogP contribution in [0, 0.1) is 5.92 Å². The smallest absolute Gasteiger partial charge is 0.330 e. The number of hydrogen-bond donors (Lipinski definition) is 19. The van der Waals surface area contributed by atoms with Crippen LogP contribution in [-0.2, 0) is 52.6 Å². The van der Waals surface area contributed by atoms with Crippen molar-refractivity contribution in [3.8, 4) is 57.1 Å². The SMILES string of the molecule is CN[C@H](CC(C)C)C(=O)N[C@H]1C(=O)N[C@@H](CC(N)=O)C(=O)N[C@H]2C(=O)N[C@H]3C(=O)N[C@@H](C(=O)N[C@H](C(=O)O)c4cc(O)cc(O)c4-c4cc3ccc4O)[C@H](O)c3ccc(c(Cl)c3)Oc3cc2cc(c3O[C@H]2O[C@H](CO)[C@@H](O)[C@H](O)[C@H]2O[C@H]2C[C@@](C)(N)[C@H](O)[C@H](C)O2)Oc2ccc(cc2Cl)[C@H]1O. The molecular weight excluding hydrogens is 1370 g/mol. The van der Waals surface area contributed by atoms with E-state index in [1.807, 2.05) is 13.8 Å². The molecule has 0 unspecified atom stereocenters. The van der Waals surface area contributed by atoms with Crippen molar-refractivity contribution >= 4 is 70.5 Å². The Balaban J connectivity index is 1.24. The van der Waals surface area contributed by atoms with Gasteiger partial charge in [0.15, 0.2) is 29.9 Å². The number of primary amides is 1. The zero-order chi connectivity index (χ0) is 73.5. The predicted molar refractivity (Wildman–Crippen MR) is 349 cm³/mol. The van der Waals surface area contributed by atoms with Crippen molar-refractivity contribution in [1.29, 1.82) is 0 Å². The average Bonchev–Trinajstić information content (AvgIpc) is 0.775. The van der Waals surface area contributed by atoms with Crippen LogP contribution in [0.3, 0.4) is 0 Å². The number of hydrogen-bond acceptors (Lipinski definition) is 25. The Kier molecular flexibility index (Phi) is 22.2. The minimum absolute atomic E-state index is 0.0975. The highest BCUT2D eigenvalue weighted by Crippen LogP contribution is 2.50. The molecule has 0 aliphatic carbocycles. The molecule has 7 aliphatic heterocycles. The number of aliphatic hydroxyl groups is 6. The standard InChI is InChI=1S/C66H75Cl2N9O24/c1-23(2)12-34(71-5)58(88)76-49-51(83)26-7-10-38(32(67)14-26)97-40-16-28-17-41(55(40)101-65-56(54(86)53(85)42(22-78)99-65)100-44-21-66(4,70)57(87)24(3)96-44)98-39-11-8-27(15-33(39)68)52(84)50-63(93)75-48(64(94)95)31-18-29(79)19-37(81)45(31)30-13-25(6-9-36(30)80)46(60(90)77-50)74-61(91)47(28)73-59(89)35(20-43(69)82)72-62(49)92/h6-11,13-19,23-24,34-35,42,44,46-54,56-57,65,71,78-81,83-87H,12,20-22,70H2,1-5H3,(H2,69,82)(H,72,92)(H,73,89)(H,74,91)(H,75,93)(H,76,88)(H,77,90)(H,94,95)/t24-,34+,35-,42+,44-,46+,47+,48-,49+,50+,51+,52+,53+,54-,56+,57+,65+,66+/m0/s1. The summed E-state index contributed by atoms with van der Waals surface area (Å²) in [7, 11) is 1.47. The minimum atomic E-state index is -2.35. The summed E-state index contributed by atoms with van der Waals surface area (Å²) in [4.78, 5) is 117. The highest BCUT2D eigenvalue weighted by molar-refractivity contribution is 6.32. The van der Waals surface area contributed by atoms with Gasteiger partial charge in [-0.25, -0.2) is 4.79 Å². The molecule has 12 rings (SSSR count). The lowest BCUT2D eigenvalue weighted by Gasteiger charge is -2.47. The quantitative estimate of drug-likeness (QED) is 0.0743. The fourth-order valence-electron chi connectivity index (χ4n) is 12.5. The number of fused-ring (bicyclic) bond motifs is 15. The first-order chi connectivity index (χ1) is 47.7. The largest absolute Gasteiger partial charge is 0.508 e. The maximum Gasteiger partial charge on any atom is 0.330 e. The van der Waals surface area contributed by atoms with Gasteiger partial charge in [0.05, 0.1) is 41.3 Å². The Morgan fingerprint density at radius 3 is 1.90 bits per heavy atom. The van der Waals surface area contributed by atoms with E-state index >= 15 is 14.4 Å². The summed E-state index contributed by atoms with van der Waals surface area (Å²) in [5.41, 5.74) is 8.00.